The second kappa shape index (κ2) is 36.1. The number of hydrogen-bond donors (Lipinski definition) is 3. The van der Waals surface area contributed by atoms with Gasteiger partial charge in [0, 0.05) is 75.6 Å². The number of amides is 12. The molecule has 4 aliphatic carbocycles. The van der Waals surface area contributed by atoms with Gasteiger partial charge >= 0.3 is 6.18 Å². The maximum Gasteiger partial charge on any atom is 0.394 e. The number of carbonyl (C=O) groups excluding carboxylic acids is 12. The number of nitrogens with zero attached hydrogens (tertiary/aromatic N) is 9. The van der Waals surface area contributed by atoms with Gasteiger partial charge in [0.1, 0.15) is 59.9 Å². The molecule has 580 valence electrons. The normalized spacial score (nSPS) is 31.3. The van der Waals surface area contributed by atoms with Crippen molar-refractivity contribution in [3.8, 4) is 0 Å². The molecule has 0 aromatic rings. The van der Waals surface area contributed by atoms with Gasteiger partial charge in [0.15, 0.2) is 0 Å². The number of piperidine rings is 1. The van der Waals surface area contributed by atoms with Crippen LogP contribution in [0.2, 0.25) is 0 Å². The molecule has 3 unspecified atom stereocenters. The van der Waals surface area contributed by atoms with Crippen molar-refractivity contribution in [3.05, 3.63) is 0 Å². The second-order valence-electron chi connectivity index (χ2n) is 32.1. The van der Waals surface area contributed by atoms with Crippen LogP contribution in [0.3, 0.4) is 0 Å². The molecule has 0 bridgehead atoms. The van der Waals surface area contributed by atoms with Crippen molar-refractivity contribution in [2.45, 2.75) is 287 Å². The smallest absolute Gasteiger partial charge is 0.381 e. The molecule has 1 spiro atoms. The third kappa shape index (κ3) is 19.3. The topological polar surface area (TPSA) is 279 Å². The molecule has 4 saturated heterocycles. The van der Waals surface area contributed by atoms with E-state index in [-0.39, 0.29) is 107 Å². The van der Waals surface area contributed by atoms with Gasteiger partial charge in [0.05, 0.1) is 25.0 Å². The average Bonchev–Trinajstić information content (AvgIpc) is 1.64. The molecule has 103 heavy (non-hydrogen) atoms. The lowest BCUT2D eigenvalue weighted by molar-refractivity contribution is -0.215. The summed E-state index contributed by atoms with van der Waals surface area (Å²) in [6.07, 6.45) is 6.38. The summed E-state index contributed by atoms with van der Waals surface area (Å²) in [7, 11) is 10.1. The van der Waals surface area contributed by atoms with E-state index in [2.05, 4.69) is 16.0 Å². The predicted octanol–water partition coefficient (Wildman–Crippen LogP) is 6.03. The van der Waals surface area contributed by atoms with Crippen LogP contribution in [0.5, 0.6) is 0 Å². The molecular formula is C75H121F3N12O13. The Morgan fingerprint density at radius 1 is 0.592 bits per heavy atom. The average molecular weight is 1460 g/mol. The molecule has 3 N–H and O–H groups in total. The Kier molecular flexibility index (Phi) is 28.8. The number of fused-ring (bicyclic) bond motifs is 2. The van der Waals surface area contributed by atoms with Crippen LogP contribution < -0.4 is 16.0 Å². The van der Waals surface area contributed by atoms with E-state index >= 15 is 38.4 Å². The minimum absolute atomic E-state index is 0.0387. The number of hydrogen-bond acceptors (Lipinski definition) is 13. The zero-order chi connectivity index (χ0) is 75.5. The lowest BCUT2D eigenvalue weighted by Crippen LogP contribution is -2.65. The van der Waals surface area contributed by atoms with E-state index in [1.807, 2.05) is 20.8 Å². The highest BCUT2D eigenvalue weighted by atomic mass is 19.4. The van der Waals surface area contributed by atoms with E-state index in [0.717, 1.165) is 51.4 Å². The lowest BCUT2D eigenvalue weighted by Gasteiger charge is -2.45. The molecule has 4 heterocycles. The Morgan fingerprint density at radius 2 is 1.22 bits per heavy atom. The van der Waals surface area contributed by atoms with Gasteiger partial charge in [-0.25, -0.2) is 0 Å². The summed E-state index contributed by atoms with van der Waals surface area (Å²) in [5.41, 5.74) is -1.55. The van der Waals surface area contributed by atoms with Gasteiger partial charge in [-0.05, 0) is 146 Å². The number of likely N-dealkylation sites (N-methyl/N-ethyl adjacent to an activating group) is 6. The van der Waals surface area contributed by atoms with Crippen LogP contribution in [0, 0.1) is 35.5 Å². The molecule has 0 aromatic heterocycles. The number of nitrogens with one attached hydrogen (secondary N) is 3. The number of carbonyl (C=O) groups is 12. The Hall–Kier alpha value is -6.61. The minimum Gasteiger partial charge on any atom is -0.381 e. The SMILES string of the molecule is CC[C@H](C)[C@@H]1NC(=O)[C@H](CC(C)C)N(C)C(=O)C[C@@H](C(=O)N2CCCCC2)N(C)C(=O)[C@H](C2CCCC2)N(C)C(=O)C2(CCCC2)NC(=O)[C@@H]2CCCN2C(=O)[C@H](CCC2CCC(C(F)(F)F)C(OC)C2)NC(=O)CN(C)C(=O)[C@H](CC2CCCCC2)N(C)C(=O)[C@@H]2CCN2C(=O)[C@H](C)N(C)C1=O. The molecule has 25 nitrogen and oxygen atoms in total. The van der Waals surface area contributed by atoms with Crippen LogP contribution in [0.25, 0.3) is 0 Å². The van der Waals surface area contributed by atoms with Gasteiger partial charge in [0.25, 0.3) is 0 Å². The minimum atomic E-state index is -4.50. The van der Waals surface area contributed by atoms with Crippen molar-refractivity contribution in [3.63, 3.8) is 0 Å². The van der Waals surface area contributed by atoms with E-state index in [0.29, 0.717) is 64.5 Å². The largest absolute Gasteiger partial charge is 0.394 e. The quantitative estimate of drug-likeness (QED) is 0.201. The summed E-state index contributed by atoms with van der Waals surface area (Å²) in [5.74, 6) is -10.2. The first kappa shape index (κ1) is 82.1. The number of ether oxygens (including phenoxy) is 1. The van der Waals surface area contributed by atoms with E-state index in [4.69, 9.17) is 4.74 Å². The third-order valence-electron chi connectivity index (χ3n) is 24.8. The Balaban J connectivity index is 1.17. The molecule has 8 fully saturated rings. The van der Waals surface area contributed by atoms with Crippen LogP contribution in [0.1, 0.15) is 214 Å². The van der Waals surface area contributed by atoms with Crippen molar-refractivity contribution in [2.75, 3.05) is 82.1 Å². The summed E-state index contributed by atoms with van der Waals surface area (Å²) in [6, 6.07) is -10.7. The van der Waals surface area contributed by atoms with Gasteiger partial charge in [-0.1, -0.05) is 91.9 Å². The summed E-state index contributed by atoms with van der Waals surface area (Å²) < 4.78 is 48.1. The van der Waals surface area contributed by atoms with E-state index in [9.17, 15) is 32.3 Å². The molecule has 8 rings (SSSR count). The van der Waals surface area contributed by atoms with Gasteiger partial charge in [-0.3, -0.25) is 57.5 Å². The highest BCUT2D eigenvalue weighted by Crippen LogP contribution is 2.43. The second-order valence-corrected chi connectivity index (χ2v) is 32.1. The highest BCUT2D eigenvalue weighted by molar-refractivity contribution is 6.01. The molecule has 4 saturated carbocycles. The molecule has 28 heteroatoms. The maximum absolute atomic E-state index is 15.8. The summed E-state index contributed by atoms with van der Waals surface area (Å²) >= 11 is 0. The molecule has 12 amide bonds. The van der Waals surface area contributed by atoms with E-state index < -0.39 is 168 Å². The number of alkyl halides is 3. The first-order chi connectivity index (χ1) is 48.7. The molecule has 0 aromatic carbocycles. The fourth-order valence-electron chi connectivity index (χ4n) is 17.8. The molecule has 8 aliphatic rings. The van der Waals surface area contributed by atoms with Gasteiger partial charge in [-0.15, -0.1) is 0 Å². The predicted molar refractivity (Wildman–Crippen MR) is 378 cm³/mol. The summed E-state index contributed by atoms with van der Waals surface area (Å²) in [6.45, 7) is 9.38. The van der Waals surface area contributed by atoms with Crippen LogP contribution >= 0.6 is 0 Å². The lowest BCUT2D eigenvalue weighted by atomic mass is 9.77. The van der Waals surface area contributed by atoms with Crippen molar-refractivity contribution in [2.24, 2.45) is 35.5 Å². The number of rotatable bonds is 12. The van der Waals surface area contributed by atoms with Crippen LogP contribution in [0.15, 0.2) is 0 Å². The summed E-state index contributed by atoms with van der Waals surface area (Å²) in [4.78, 5) is 194. The van der Waals surface area contributed by atoms with Crippen molar-refractivity contribution >= 4 is 70.9 Å². The number of halogens is 3. The van der Waals surface area contributed by atoms with Crippen molar-refractivity contribution in [1.29, 1.82) is 0 Å². The van der Waals surface area contributed by atoms with Crippen LogP contribution in [0.4, 0.5) is 13.2 Å². The molecule has 4 aliphatic heterocycles. The van der Waals surface area contributed by atoms with Gasteiger partial charge < -0.3 is 64.8 Å². The van der Waals surface area contributed by atoms with Crippen molar-refractivity contribution in [1.82, 2.24) is 60.0 Å². The fourth-order valence-corrected chi connectivity index (χ4v) is 17.8. The molecule has 13 atom stereocenters. The summed E-state index contributed by atoms with van der Waals surface area (Å²) in [5, 5.41) is 8.95. The first-order valence-electron chi connectivity index (χ1n) is 38.7. The Bertz CT molecular complexity index is 3030. The van der Waals surface area contributed by atoms with Gasteiger partial charge in [0.2, 0.25) is 70.9 Å². The third-order valence-corrected chi connectivity index (χ3v) is 24.8. The molecule has 0 radical (unpaired) electrons. The van der Waals surface area contributed by atoms with E-state index in [1.54, 1.807) is 11.8 Å². The van der Waals surface area contributed by atoms with Crippen molar-refractivity contribution < 1.29 is 75.4 Å². The monoisotopic (exact) mass is 1450 g/mol. The Labute approximate surface area is 608 Å². The zero-order valence-corrected chi connectivity index (χ0v) is 63.5. The van der Waals surface area contributed by atoms with E-state index in [1.165, 1.54) is 95.5 Å². The molecular weight excluding hydrogens is 1330 g/mol. The Morgan fingerprint density at radius 3 is 1.83 bits per heavy atom. The van der Waals surface area contributed by atoms with Crippen LogP contribution in [-0.4, -0.2) is 269 Å². The number of methoxy groups -OCH3 is 1. The number of likely N-dealkylation sites (tertiary alicyclic amines) is 1. The highest BCUT2D eigenvalue weighted by Gasteiger charge is 2.53. The standard InChI is InChI=1S/C75H121F3N12O13/c1-13-47(4)62-71(100)83(7)48(5)66(95)90-40-34-55(90)69(98)85(9)57(42-49-25-16-14-17-26-49)68(97)82(6)45-60(91)79-53(33-31-50-30-32-52(75(76,77)78)59(43-50)103-12)67(96)89-39-24-29-54(89)65(94)81-74(35-20-21-36-74)73(102)87(11)63(51-27-18-19-28-51)72(101)86(10)58(70(99)88-37-22-15-23-38-88)44-61(92)84(8)56(41-46(2)3)64(93)80-62/h46-59,62-63H,13-45H2,1-12H3,(H,79,91)(H,80,93)(H,81,94)/t47-,48-,50?,52?,53-,54-,55-,56-,57-,58-,59?,62-,63-/m0/s1. The zero-order valence-electron chi connectivity index (χ0n) is 63.5. The fraction of sp³-hybridized carbons (Fsp3) is 0.840. The van der Waals surface area contributed by atoms with Crippen LogP contribution in [-0.2, 0) is 62.3 Å². The maximum atomic E-state index is 15.8. The van der Waals surface area contributed by atoms with Gasteiger partial charge in [-0.2, -0.15) is 13.2 Å². The first-order valence-corrected chi connectivity index (χ1v) is 38.7.